The number of ketones is 1. The Labute approximate surface area is 98.3 Å². The van der Waals surface area contributed by atoms with Crippen LogP contribution in [0.5, 0.6) is 0 Å². The minimum Gasteiger partial charge on any atom is -0.475 e. The van der Waals surface area contributed by atoms with Crippen LogP contribution >= 0.6 is 0 Å². The van der Waals surface area contributed by atoms with Gasteiger partial charge in [0, 0.05) is 17.1 Å². The van der Waals surface area contributed by atoms with E-state index in [-0.39, 0.29) is 5.56 Å². The minimum atomic E-state index is -1.43. The van der Waals surface area contributed by atoms with Crippen LogP contribution in [0.2, 0.25) is 0 Å². The molecule has 0 aliphatic carbocycles. The largest absolute Gasteiger partial charge is 0.475 e. The highest BCUT2D eigenvalue weighted by Crippen LogP contribution is 2.24. The fraction of sp³-hybridized carbons (Fsp3) is 0.231. The lowest BCUT2D eigenvalue weighted by Gasteiger charge is -2.05. The van der Waals surface area contributed by atoms with Gasteiger partial charge < -0.3 is 10.1 Å². The number of nitrogens with one attached hydrogen (secondary N) is 1. The summed E-state index contributed by atoms with van der Waals surface area (Å²) in [5, 5.41) is 9.40. The van der Waals surface area contributed by atoms with Crippen LogP contribution in [-0.2, 0) is 4.79 Å². The first-order valence-corrected chi connectivity index (χ1v) is 5.39. The molecule has 88 valence electrons. The number of aromatic nitrogens is 1. The maximum Gasteiger partial charge on any atom is 0.377 e. The van der Waals surface area contributed by atoms with Gasteiger partial charge in [0.15, 0.2) is 0 Å². The third-order valence-corrected chi connectivity index (χ3v) is 2.81. The van der Waals surface area contributed by atoms with Crippen LogP contribution in [0.3, 0.4) is 0 Å². The van der Waals surface area contributed by atoms with E-state index in [0.29, 0.717) is 11.3 Å². The van der Waals surface area contributed by atoms with Crippen LogP contribution in [0.25, 0.3) is 10.9 Å². The van der Waals surface area contributed by atoms with Gasteiger partial charge in [-0.2, -0.15) is 0 Å². The number of benzene rings is 1. The first-order chi connectivity index (χ1) is 8.00. The molecule has 0 radical (unpaired) electrons. The number of Topliss-reactive ketones (excluding diaryl/α,β-unsaturated/α-hetero) is 1. The van der Waals surface area contributed by atoms with E-state index in [1.54, 1.807) is 0 Å². The lowest BCUT2D eigenvalue weighted by Crippen LogP contribution is -2.11. The molecule has 17 heavy (non-hydrogen) atoms. The smallest absolute Gasteiger partial charge is 0.377 e. The van der Waals surface area contributed by atoms with Crippen LogP contribution in [0.15, 0.2) is 24.4 Å². The SMILES string of the molecule is CC(C)c1ccc2[nH]cc(C(=O)C(=O)O)c2c1. The lowest BCUT2D eigenvalue weighted by molar-refractivity contribution is -0.131. The number of H-pyrrole nitrogens is 1. The van der Waals surface area contributed by atoms with E-state index in [1.807, 2.05) is 32.0 Å². The summed E-state index contributed by atoms with van der Waals surface area (Å²) in [4.78, 5) is 25.1. The molecule has 0 unspecified atom stereocenters. The molecular formula is C13H13NO3. The van der Waals surface area contributed by atoms with Gasteiger partial charge in [-0.3, -0.25) is 4.79 Å². The van der Waals surface area contributed by atoms with Gasteiger partial charge in [-0.1, -0.05) is 19.9 Å². The van der Waals surface area contributed by atoms with Gasteiger partial charge in [0.05, 0.1) is 5.56 Å². The van der Waals surface area contributed by atoms with Crippen molar-refractivity contribution in [2.75, 3.05) is 0 Å². The molecule has 1 heterocycles. The highest BCUT2D eigenvalue weighted by atomic mass is 16.4. The molecule has 0 saturated carbocycles. The monoisotopic (exact) mass is 231 g/mol. The third-order valence-electron chi connectivity index (χ3n) is 2.81. The summed E-state index contributed by atoms with van der Waals surface area (Å²) in [6.07, 6.45) is 1.45. The topological polar surface area (TPSA) is 70.2 Å². The molecular weight excluding hydrogens is 218 g/mol. The molecule has 4 heteroatoms. The average molecular weight is 231 g/mol. The van der Waals surface area contributed by atoms with Gasteiger partial charge >= 0.3 is 5.97 Å². The van der Waals surface area contributed by atoms with E-state index in [0.717, 1.165) is 11.1 Å². The van der Waals surface area contributed by atoms with Crippen molar-refractivity contribution >= 4 is 22.7 Å². The Morgan fingerprint density at radius 2 is 2.00 bits per heavy atom. The van der Waals surface area contributed by atoms with Crippen molar-refractivity contribution in [2.45, 2.75) is 19.8 Å². The maximum atomic E-state index is 11.5. The van der Waals surface area contributed by atoms with E-state index < -0.39 is 11.8 Å². The highest BCUT2D eigenvalue weighted by molar-refractivity contribution is 6.42. The lowest BCUT2D eigenvalue weighted by atomic mass is 9.99. The van der Waals surface area contributed by atoms with E-state index in [2.05, 4.69) is 4.98 Å². The van der Waals surface area contributed by atoms with Crippen molar-refractivity contribution in [3.63, 3.8) is 0 Å². The Kier molecular flexibility index (Phi) is 2.71. The Morgan fingerprint density at radius 1 is 1.29 bits per heavy atom. The Morgan fingerprint density at radius 3 is 2.59 bits per heavy atom. The molecule has 0 aliphatic heterocycles. The number of hydrogen-bond acceptors (Lipinski definition) is 2. The van der Waals surface area contributed by atoms with Crippen molar-refractivity contribution < 1.29 is 14.7 Å². The number of aliphatic carboxylic acids is 1. The molecule has 0 spiro atoms. The standard InChI is InChI=1S/C13H13NO3/c1-7(2)8-3-4-11-9(5-8)10(6-14-11)12(15)13(16)17/h3-7,14H,1-2H3,(H,16,17). The zero-order chi connectivity index (χ0) is 12.6. The van der Waals surface area contributed by atoms with E-state index in [9.17, 15) is 9.59 Å². The van der Waals surface area contributed by atoms with Gasteiger partial charge in [-0.15, -0.1) is 0 Å². The van der Waals surface area contributed by atoms with Gasteiger partial charge in [0.25, 0.3) is 5.78 Å². The highest BCUT2D eigenvalue weighted by Gasteiger charge is 2.19. The first kappa shape index (κ1) is 11.4. The van der Waals surface area contributed by atoms with Gasteiger partial charge in [-0.25, -0.2) is 4.79 Å². The van der Waals surface area contributed by atoms with Crippen LogP contribution in [-0.4, -0.2) is 21.8 Å². The number of rotatable bonds is 3. The van der Waals surface area contributed by atoms with Crippen LogP contribution in [0, 0.1) is 0 Å². The van der Waals surface area contributed by atoms with Crippen molar-refractivity contribution in [1.82, 2.24) is 4.98 Å². The molecule has 1 aromatic heterocycles. The predicted octanol–water partition coefficient (Wildman–Crippen LogP) is 2.56. The summed E-state index contributed by atoms with van der Waals surface area (Å²) in [7, 11) is 0. The summed E-state index contributed by atoms with van der Waals surface area (Å²) >= 11 is 0. The first-order valence-electron chi connectivity index (χ1n) is 5.39. The fourth-order valence-corrected chi connectivity index (χ4v) is 1.80. The number of carbonyl (C=O) groups excluding carboxylic acids is 1. The third kappa shape index (κ3) is 1.93. The number of carbonyl (C=O) groups is 2. The number of carboxylic acid groups (broad SMARTS) is 1. The zero-order valence-electron chi connectivity index (χ0n) is 9.65. The molecule has 2 N–H and O–H groups in total. The van der Waals surface area contributed by atoms with Crippen molar-refractivity contribution in [2.24, 2.45) is 0 Å². The van der Waals surface area contributed by atoms with E-state index in [1.165, 1.54) is 6.20 Å². The number of fused-ring (bicyclic) bond motifs is 1. The van der Waals surface area contributed by atoms with E-state index in [4.69, 9.17) is 5.11 Å². The molecule has 0 amide bonds. The number of hydrogen-bond donors (Lipinski definition) is 2. The second-order valence-electron chi connectivity index (χ2n) is 4.30. The van der Waals surface area contributed by atoms with Crippen molar-refractivity contribution in [3.8, 4) is 0 Å². The summed E-state index contributed by atoms with van der Waals surface area (Å²) in [5.41, 5.74) is 2.07. The van der Waals surface area contributed by atoms with Crippen molar-refractivity contribution in [3.05, 3.63) is 35.5 Å². The minimum absolute atomic E-state index is 0.218. The Bertz CT molecular complexity index is 596. The Balaban J connectivity index is 2.62. The zero-order valence-corrected chi connectivity index (χ0v) is 9.65. The molecule has 0 fully saturated rings. The molecule has 0 atom stereocenters. The molecule has 1 aromatic carbocycles. The Hall–Kier alpha value is -2.10. The molecule has 0 aliphatic rings. The maximum absolute atomic E-state index is 11.5. The summed E-state index contributed by atoms with van der Waals surface area (Å²) < 4.78 is 0. The van der Waals surface area contributed by atoms with Gasteiger partial charge in [0.1, 0.15) is 0 Å². The predicted molar refractivity (Wildman–Crippen MR) is 64.4 cm³/mol. The van der Waals surface area contributed by atoms with Crippen molar-refractivity contribution in [1.29, 1.82) is 0 Å². The molecule has 0 bridgehead atoms. The number of carboxylic acids is 1. The second-order valence-corrected chi connectivity index (χ2v) is 4.30. The molecule has 4 nitrogen and oxygen atoms in total. The van der Waals surface area contributed by atoms with Gasteiger partial charge in [0.2, 0.25) is 0 Å². The summed E-state index contributed by atoms with van der Waals surface area (Å²) in [6.45, 7) is 4.10. The van der Waals surface area contributed by atoms with Gasteiger partial charge in [-0.05, 0) is 23.6 Å². The van der Waals surface area contributed by atoms with Crippen LogP contribution < -0.4 is 0 Å². The van der Waals surface area contributed by atoms with Crippen LogP contribution in [0.1, 0.15) is 35.7 Å². The quantitative estimate of drug-likeness (QED) is 0.630. The summed E-state index contributed by atoms with van der Waals surface area (Å²) in [6, 6.07) is 5.70. The second kappa shape index (κ2) is 4.05. The fourth-order valence-electron chi connectivity index (χ4n) is 1.80. The van der Waals surface area contributed by atoms with Crippen LogP contribution in [0.4, 0.5) is 0 Å². The molecule has 2 rings (SSSR count). The normalized spacial score (nSPS) is 11.0. The molecule has 0 saturated heterocycles. The average Bonchev–Trinajstić information content (AvgIpc) is 2.70. The summed E-state index contributed by atoms with van der Waals surface area (Å²) in [5.74, 6) is -1.97. The van der Waals surface area contributed by atoms with E-state index >= 15 is 0 Å². The molecule has 2 aromatic rings. The number of aromatic amines is 1.